The van der Waals surface area contributed by atoms with Crippen LogP contribution in [0.5, 0.6) is 0 Å². The summed E-state index contributed by atoms with van der Waals surface area (Å²) in [7, 11) is 0. The van der Waals surface area contributed by atoms with Gasteiger partial charge < -0.3 is 9.64 Å². The van der Waals surface area contributed by atoms with Crippen molar-refractivity contribution in [3.05, 3.63) is 34.6 Å². The number of aryl methyl sites for hydroxylation is 1. The molecule has 0 aliphatic carbocycles. The van der Waals surface area contributed by atoms with Crippen molar-refractivity contribution in [2.45, 2.75) is 37.2 Å². The zero-order valence-electron chi connectivity index (χ0n) is 16.0. The summed E-state index contributed by atoms with van der Waals surface area (Å²) >= 11 is 1.37. The highest BCUT2D eigenvalue weighted by molar-refractivity contribution is 8.00. The number of fused-ring (bicyclic) bond motifs is 3. The van der Waals surface area contributed by atoms with Crippen molar-refractivity contribution in [3.63, 3.8) is 0 Å². The van der Waals surface area contributed by atoms with Crippen molar-refractivity contribution in [3.8, 4) is 0 Å². The Labute approximate surface area is 166 Å². The molecule has 4 rings (SSSR count). The van der Waals surface area contributed by atoms with Crippen LogP contribution in [0.15, 0.2) is 34.2 Å². The third-order valence-electron chi connectivity index (χ3n) is 4.88. The minimum absolute atomic E-state index is 0.0636. The molecule has 0 spiro atoms. The summed E-state index contributed by atoms with van der Waals surface area (Å²) in [6, 6.07) is 7.46. The van der Waals surface area contributed by atoms with Crippen molar-refractivity contribution in [1.82, 2.24) is 24.1 Å². The molecule has 0 radical (unpaired) electrons. The zero-order valence-corrected chi connectivity index (χ0v) is 16.8. The Balaban J connectivity index is 1.76. The molecule has 8 nitrogen and oxygen atoms in total. The van der Waals surface area contributed by atoms with Crippen LogP contribution in [0.4, 0.5) is 0 Å². The quantitative estimate of drug-likeness (QED) is 0.607. The van der Waals surface area contributed by atoms with E-state index in [0.717, 1.165) is 11.9 Å². The first-order valence-electron chi connectivity index (χ1n) is 9.51. The van der Waals surface area contributed by atoms with Gasteiger partial charge in [-0.15, -0.1) is 10.2 Å². The number of hydrogen-bond acceptors (Lipinski definition) is 6. The number of nitrogens with zero attached hydrogens (tertiary/aromatic N) is 5. The number of rotatable bonds is 5. The molecule has 148 valence electrons. The molecule has 1 saturated heterocycles. The fourth-order valence-corrected chi connectivity index (χ4v) is 4.42. The minimum atomic E-state index is -0.309. The molecular weight excluding hydrogens is 378 g/mol. The van der Waals surface area contributed by atoms with Crippen LogP contribution in [0, 0.1) is 0 Å². The maximum atomic E-state index is 12.9. The van der Waals surface area contributed by atoms with Crippen LogP contribution < -0.4 is 5.56 Å². The van der Waals surface area contributed by atoms with Gasteiger partial charge in [-0.05, 0) is 25.5 Å². The molecule has 1 amide bonds. The number of benzene rings is 1. The predicted molar refractivity (Wildman–Crippen MR) is 108 cm³/mol. The molecule has 1 fully saturated rings. The Hall–Kier alpha value is -2.39. The number of para-hydroxylation sites is 1. The number of morpholine rings is 1. The second kappa shape index (κ2) is 7.92. The second-order valence-corrected chi connectivity index (χ2v) is 8.10. The number of amides is 1. The van der Waals surface area contributed by atoms with Gasteiger partial charge in [-0.1, -0.05) is 30.8 Å². The van der Waals surface area contributed by atoms with Crippen LogP contribution in [-0.2, 0) is 16.1 Å². The van der Waals surface area contributed by atoms with Crippen LogP contribution in [0.2, 0.25) is 0 Å². The molecule has 3 aromatic rings. The van der Waals surface area contributed by atoms with Crippen LogP contribution in [-0.4, -0.2) is 61.5 Å². The van der Waals surface area contributed by atoms with E-state index in [0.29, 0.717) is 49.2 Å². The summed E-state index contributed by atoms with van der Waals surface area (Å²) in [4.78, 5) is 27.5. The normalized spacial score (nSPS) is 16.0. The maximum absolute atomic E-state index is 12.9. The number of hydrogen-bond donors (Lipinski definition) is 0. The van der Waals surface area contributed by atoms with Crippen molar-refractivity contribution >= 4 is 34.3 Å². The first-order valence-corrected chi connectivity index (χ1v) is 10.4. The number of aromatic nitrogens is 4. The van der Waals surface area contributed by atoms with Crippen LogP contribution in [0.1, 0.15) is 20.3 Å². The summed E-state index contributed by atoms with van der Waals surface area (Å²) in [5, 5.41) is 9.53. The molecule has 3 heterocycles. The van der Waals surface area contributed by atoms with Gasteiger partial charge in [0.2, 0.25) is 11.7 Å². The van der Waals surface area contributed by atoms with E-state index in [2.05, 4.69) is 10.2 Å². The van der Waals surface area contributed by atoms with Gasteiger partial charge in [0.1, 0.15) is 0 Å². The summed E-state index contributed by atoms with van der Waals surface area (Å²) in [5.41, 5.74) is 0.694. The molecule has 1 aliphatic heterocycles. The van der Waals surface area contributed by atoms with Crippen LogP contribution in [0.25, 0.3) is 16.7 Å². The van der Waals surface area contributed by atoms with Crippen molar-refractivity contribution in [1.29, 1.82) is 0 Å². The fraction of sp³-hybridized carbons (Fsp3) is 0.474. The number of carbonyl (C=O) groups is 1. The molecule has 2 aromatic heterocycles. The smallest absolute Gasteiger partial charge is 0.262 e. The first-order chi connectivity index (χ1) is 13.6. The third-order valence-corrected chi connectivity index (χ3v) is 5.91. The molecule has 0 saturated carbocycles. The molecular formula is C19H23N5O3S. The van der Waals surface area contributed by atoms with Crippen LogP contribution in [0.3, 0.4) is 0 Å². The van der Waals surface area contributed by atoms with Gasteiger partial charge in [-0.25, -0.2) is 0 Å². The van der Waals surface area contributed by atoms with E-state index in [1.807, 2.05) is 47.4 Å². The third kappa shape index (κ3) is 3.29. The molecule has 0 bridgehead atoms. The van der Waals surface area contributed by atoms with Gasteiger partial charge in [0.15, 0.2) is 5.16 Å². The lowest BCUT2D eigenvalue weighted by Crippen LogP contribution is -2.44. The number of ether oxygens (including phenoxy) is 1. The number of thioether (sulfide) groups is 1. The largest absolute Gasteiger partial charge is 0.378 e. The van der Waals surface area contributed by atoms with Gasteiger partial charge in [0.05, 0.1) is 29.4 Å². The molecule has 1 aliphatic rings. The van der Waals surface area contributed by atoms with Gasteiger partial charge in [0.25, 0.3) is 5.56 Å². The highest BCUT2D eigenvalue weighted by Gasteiger charge is 2.26. The summed E-state index contributed by atoms with van der Waals surface area (Å²) < 4.78 is 8.88. The Bertz CT molecular complexity index is 1070. The standard InChI is InChI=1S/C19H23N5O3S/c1-3-8-23-17(26)14-6-4-5-7-15(14)24-18(23)20-21-19(24)28-13(2)16(25)22-9-11-27-12-10-22/h4-7,13H,3,8-12H2,1-2H3. The molecule has 9 heteroatoms. The van der Waals surface area contributed by atoms with Crippen molar-refractivity contribution in [2.24, 2.45) is 0 Å². The Morgan fingerprint density at radius 1 is 1.25 bits per heavy atom. The second-order valence-electron chi connectivity index (χ2n) is 6.79. The topological polar surface area (TPSA) is 81.7 Å². The van der Waals surface area contributed by atoms with E-state index in [1.165, 1.54) is 11.8 Å². The Morgan fingerprint density at radius 3 is 2.75 bits per heavy atom. The Kier molecular flexibility index (Phi) is 5.36. The van der Waals surface area contributed by atoms with Gasteiger partial charge >= 0.3 is 0 Å². The van der Waals surface area contributed by atoms with E-state index < -0.39 is 0 Å². The summed E-state index contributed by atoms with van der Waals surface area (Å²) in [5.74, 6) is 0.579. The molecule has 1 atom stereocenters. The maximum Gasteiger partial charge on any atom is 0.262 e. The van der Waals surface area contributed by atoms with Crippen molar-refractivity contribution < 1.29 is 9.53 Å². The zero-order chi connectivity index (χ0) is 19.7. The highest BCUT2D eigenvalue weighted by atomic mass is 32.2. The lowest BCUT2D eigenvalue weighted by atomic mass is 10.2. The summed E-state index contributed by atoms with van der Waals surface area (Å²) in [6.07, 6.45) is 0.815. The van der Waals surface area contributed by atoms with Crippen molar-refractivity contribution in [2.75, 3.05) is 26.3 Å². The van der Waals surface area contributed by atoms with E-state index in [1.54, 1.807) is 4.57 Å². The predicted octanol–water partition coefficient (Wildman–Crippen LogP) is 1.79. The monoisotopic (exact) mass is 401 g/mol. The lowest BCUT2D eigenvalue weighted by Gasteiger charge is -2.28. The highest BCUT2D eigenvalue weighted by Crippen LogP contribution is 2.26. The molecule has 28 heavy (non-hydrogen) atoms. The number of carbonyl (C=O) groups excluding carboxylic acids is 1. The lowest BCUT2D eigenvalue weighted by molar-refractivity contribution is -0.134. The first kappa shape index (κ1) is 18.9. The Morgan fingerprint density at radius 2 is 2.00 bits per heavy atom. The average Bonchev–Trinajstić information content (AvgIpc) is 3.14. The molecule has 1 aromatic carbocycles. The van der Waals surface area contributed by atoms with E-state index in [-0.39, 0.29) is 16.7 Å². The summed E-state index contributed by atoms with van der Waals surface area (Å²) in [6.45, 7) is 6.85. The van der Waals surface area contributed by atoms with E-state index >= 15 is 0 Å². The average molecular weight is 401 g/mol. The molecule has 0 N–H and O–H groups in total. The van der Waals surface area contributed by atoms with Gasteiger partial charge in [-0.3, -0.25) is 18.6 Å². The fourth-order valence-electron chi connectivity index (χ4n) is 3.48. The van der Waals surface area contributed by atoms with E-state index in [4.69, 9.17) is 4.74 Å². The minimum Gasteiger partial charge on any atom is -0.378 e. The van der Waals surface area contributed by atoms with Gasteiger partial charge in [-0.2, -0.15) is 0 Å². The van der Waals surface area contributed by atoms with E-state index in [9.17, 15) is 9.59 Å². The molecule has 1 unspecified atom stereocenters. The van der Waals surface area contributed by atoms with Gasteiger partial charge in [0, 0.05) is 19.6 Å². The SMILES string of the molecule is CCCn1c(=O)c2ccccc2n2c(SC(C)C(=O)N3CCOCC3)nnc12. The van der Waals surface area contributed by atoms with Crippen LogP contribution >= 0.6 is 11.8 Å².